The van der Waals surface area contributed by atoms with Crippen LogP contribution in [0.15, 0.2) is 54.6 Å². The Morgan fingerprint density at radius 1 is 1.00 bits per heavy atom. The zero-order chi connectivity index (χ0) is 15.2. The molecule has 0 saturated carbocycles. The summed E-state index contributed by atoms with van der Waals surface area (Å²) in [4.78, 5) is 2.53. The topological polar surface area (TPSA) is 21.7 Å². The molecule has 3 nitrogen and oxygen atoms in total. The van der Waals surface area contributed by atoms with Crippen molar-refractivity contribution in [1.29, 1.82) is 0 Å². The average molecular weight is 297 g/mol. The van der Waals surface area contributed by atoms with Crippen LogP contribution in [0.1, 0.15) is 17.2 Å². The normalized spacial score (nSPS) is 17.1. The first-order chi connectivity index (χ1) is 10.9. The quantitative estimate of drug-likeness (QED) is 0.845. The van der Waals surface area contributed by atoms with Gasteiger partial charge in [0.2, 0.25) is 0 Å². The average Bonchev–Trinajstić information content (AvgIpc) is 2.61. The highest BCUT2D eigenvalue weighted by Gasteiger charge is 2.22. The van der Waals surface area contributed by atoms with Crippen molar-refractivity contribution < 1.29 is 9.47 Å². The van der Waals surface area contributed by atoms with Gasteiger partial charge in [0, 0.05) is 19.1 Å². The SMILES string of the molecule is COc1ccc(C(Cc2ccccc2)N2CCOCC2)cc1. The summed E-state index contributed by atoms with van der Waals surface area (Å²) in [6.45, 7) is 3.62. The molecule has 1 aliphatic heterocycles. The largest absolute Gasteiger partial charge is 0.497 e. The van der Waals surface area contributed by atoms with Gasteiger partial charge in [-0.3, -0.25) is 4.90 Å². The Morgan fingerprint density at radius 2 is 1.68 bits per heavy atom. The first kappa shape index (κ1) is 15.1. The fraction of sp³-hybridized carbons (Fsp3) is 0.368. The van der Waals surface area contributed by atoms with Gasteiger partial charge < -0.3 is 9.47 Å². The second kappa shape index (κ2) is 7.43. The second-order valence-corrected chi connectivity index (χ2v) is 5.63. The van der Waals surface area contributed by atoms with Gasteiger partial charge in [-0.2, -0.15) is 0 Å². The van der Waals surface area contributed by atoms with Crippen molar-refractivity contribution in [2.24, 2.45) is 0 Å². The number of ether oxygens (including phenoxy) is 2. The summed E-state index contributed by atoms with van der Waals surface area (Å²) in [7, 11) is 1.71. The monoisotopic (exact) mass is 297 g/mol. The van der Waals surface area contributed by atoms with Crippen LogP contribution in [0.4, 0.5) is 0 Å². The van der Waals surface area contributed by atoms with E-state index in [4.69, 9.17) is 9.47 Å². The minimum atomic E-state index is 0.386. The molecule has 1 atom stereocenters. The number of methoxy groups -OCH3 is 1. The summed E-state index contributed by atoms with van der Waals surface area (Å²) in [5.74, 6) is 0.907. The van der Waals surface area contributed by atoms with Crippen molar-refractivity contribution in [3.63, 3.8) is 0 Å². The number of hydrogen-bond acceptors (Lipinski definition) is 3. The molecule has 116 valence electrons. The third-order valence-corrected chi connectivity index (χ3v) is 4.26. The minimum Gasteiger partial charge on any atom is -0.497 e. The van der Waals surface area contributed by atoms with Gasteiger partial charge in [-0.15, -0.1) is 0 Å². The molecule has 1 aliphatic rings. The molecule has 2 aromatic carbocycles. The molecule has 0 amide bonds. The van der Waals surface area contributed by atoms with E-state index in [1.54, 1.807) is 7.11 Å². The van der Waals surface area contributed by atoms with Gasteiger partial charge in [0.15, 0.2) is 0 Å². The molecule has 0 N–H and O–H groups in total. The molecule has 0 aromatic heterocycles. The number of rotatable bonds is 5. The lowest BCUT2D eigenvalue weighted by Gasteiger charge is -2.35. The molecular formula is C19H23NO2. The van der Waals surface area contributed by atoms with Crippen LogP contribution in [0.3, 0.4) is 0 Å². The van der Waals surface area contributed by atoms with Crippen LogP contribution < -0.4 is 4.74 Å². The van der Waals surface area contributed by atoms with E-state index in [-0.39, 0.29) is 0 Å². The van der Waals surface area contributed by atoms with Gasteiger partial charge in [-0.1, -0.05) is 42.5 Å². The number of hydrogen-bond donors (Lipinski definition) is 0. The summed E-state index contributed by atoms with van der Waals surface area (Å²) >= 11 is 0. The first-order valence-corrected chi connectivity index (χ1v) is 7.86. The smallest absolute Gasteiger partial charge is 0.118 e. The van der Waals surface area contributed by atoms with Gasteiger partial charge in [0.05, 0.1) is 20.3 Å². The Kier molecular flexibility index (Phi) is 5.09. The molecule has 1 fully saturated rings. The molecular weight excluding hydrogens is 274 g/mol. The molecule has 3 heteroatoms. The number of nitrogens with zero attached hydrogens (tertiary/aromatic N) is 1. The van der Waals surface area contributed by atoms with Gasteiger partial charge >= 0.3 is 0 Å². The molecule has 0 radical (unpaired) electrons. The summed E-state index contributed by atoms with van der Waals surface area (Å²) in [6, 6.07) is 19.6. The van der Waals surface area contributed by atoms with E-state index in [0.29, 0.717) is 6.04 Å². The minimum absolute atomic E-state index is 0.386. The lowest BCUT2D eigenvalue weighted by molar-refractivity contribution is 0.0161. The molecule has 2 aromatic rings. The second-order valence-electron chi connectivity index (χ2n) is 5.63. The van der Waals surface area contributed by atoms with E-state index >= 15 is 0 Å². The first-order valence-electron chi connectivity index (χ1n) is 7.86. The standard InChI is InChI=1S/C19H23NO2/c1-21-18-9-7-17(8-10-18)19(20-11-13-22-14-12-20)15-16-5-3-2-4-6-16/h2-10,19H,11-15H2,1H3. The highest BCUT2D eigenvalue weighted by Crippen LogP contribution is 2.27. The van der Waals surface area contributed by atoms with E-state index < -0.39 is 0 Å². The molecule has 0 aliphatic carbocycles. The predicted octanol–water partition coefficient (Wildman–Crippen LogP) is 3.31. The fourth-order valence-corrected chi connectivity index (χ4v) is 3.01. The zero-order valence-corrected chi connectivity index (χ0v) is 13.1. The van der Waals surface area contributed by atoms with Crippen LogP contribution in [-0.2, 0) is 11.2 Å². The summed E-state index contributed by atoms with van der Waals surface area (Å²) in [5, 5.41) is 0. The predicted molar refractivity (Wildman–Crippen MR) is 88.3 cm³/mol. The molecule has 1 heterocycles. The van der Waals surface area contributed by atoms with Crippen LogP contribution >= 0.6 is 0 Å². The maximum absolute atomic E-state index is 5.51. The van der Waals surface area contributed by atoms with Crippen molar-refractivity contribution in [3.05, 3.63) is 65.7 Å². The van der Waals surface area contributed by atoms with E-state index in [9.17, 15) is 0 Å². The summed E-state index contributed by atoms with van der Waals surface area (Å²) in [5.41, 5.74) is 2.71. The Bertz CT molecular complexity index is 562. The van der Waals surface area contributed by atoms with Crippen LogP contribution in [0.2, 0.25) is 0 Å². The third kappa shape index (κ3) is 3.67. The van der Waals surface area contributed by atoms with Gasteiger partial charge in [0.25, 0.3) is 0 Å². The third-order valence-electron chi connectivity index (χ3n) is 4.26. The Hall–Kier alpha value is -1.84. The van der Waals surface area contributed by atoms with Crippen LogP contribution in [0.5, 0.6) is 5.75 Å². The lowest BCUT2D eigenvalue weighted by Crippen LogP contribution is -2.39. The van der Waals surface area contributed by atoms with Crippen LogP contribution in [0, 0.1) is 0 Å². The van der Waals surface area contributed by atoms with Crippen molar-refractivity contribution in [2.45, 2.75) is 12.5 Å². The highest BCUT2D eigenvalue weighted by molar-refractivity contribution is 5.30. The lowest BCUT2D eigenvalue weighted by atomic mass is 9.97. The molecule has 3 rings (SSSR count). The van der Waals surface area contributed by atoms with E-state index in [1.807, 2.05) is 12.1 Å². The molecule has 0 spiro atoms. The Morgan fingerprint density at radius 3 is 2.32 bits per heavy atom. The molecule has 0 bridgehead atoms. The van der Waals surface area contributed by atoms with Gasteiger partial charge in [0.1, 0.15) is 5.75 Å². The van der Waals surface area contributed by atoms with Crippen molar-refractivity contribution in [1.82, 2.24) is 4.90 Å². The van der Waals surface area contributed by atoms with Crippen molar-refractivity contribution >= 4 is 0 Å². The van der Waals surface area contributed by atoms with E-state index in [0.717, 1.165) is 38.5 Å². The van der Waals surface area contributed by atoms with Crippen molar-refractivity contribution in [2.75, 3.05) is 33.4 Å². The highest BCUT2D eigenvalue weighted by atomic mass is 16.5. The van der Waals surface area contributed by atoms with Crippen LogP contribution in [-0.4, -0.2) is 38.3 Å². The fourth-order valence-electron chi connectivity index (χ4n) is 3.01. The molecule has 1 unspecified atom stereocenters. The number of benzene rings is 2. The summed E-state index contributed by atoms with van der Waals surface area (Å²) < 4.78 is 10.8. The Balaban J connectivity index is 1.83. The molecule has 22 heavy (non-hydrogen) atoms. The summed E-state index contributed by atoms with van der Waals surface area (Å²) in [6.07, 6.45) is 1.02. The Labute approximate surface area is 132 Å². The zero-order valence-electron chi connectivity index (χ0n) is 13.1. The maximum Gasteiger partial charge on any atom is 0.118 e. The van der Waals surface area contributed by atoms with Crippen LogP contribution in [0.25, 0.3) is 0 Å². The maximum atomic E-state index is 5.51. The van der Waals surface area contributed by atoms with Gasteiger partial charge in [-0.25, -0.2) is 0 Å². The van der Waals surface area contributed by atoms with Crippen molar-refractivity contribution in [3.8, 4) is 5.75 Å². The van der Waals surface area contributed by atoms with Gasteiger partial charge in [-0.05, 0) is 29.7 Å². The number of morpholine rings is 1. The molecule has 1 saturated heterocycles. The van der Waals surface area contributed by atoms with E-state index in [2.05, 4.69) is 47.4 Å². The van der Waals surface area contributed by atoms with E-state index in [1.165, 1.54) is 11.1 Å².